The third kappa shape index (κ3) is 3.21. The van der Waals surface area contributed by atoms with E-state index < -0.39 is 0 Å². The highest BCUT2D eigenvalue weighted by Gasteiger charge is 2.21. The predicted octanol–water partition coefficient (Wildman–Crippen LogP) is 1.54. The van der Waals surface area contributed by atoms with Crippen LogP contribution < -0.4 is 5.73 Å². The minimum atomic E-state index is 0.396. The Morgan fingerprint density at radius 1 is 1.45 bits per heavy atom. The maximum absolute atomic E-state index is 5.75. The normalized spacial score (nSPS) is 31.6. The maximum Gasteiger partial charge on any atom is 0.0590 e. The SMILES string of the molecule is CC(C)COC1CCC(N)C1. The molecule has 0 aromatic rings. The van der Waals surface area contributed by atoms with Gasteiger partial charge < -0.3 is 10.5 Å². The summed E-state index contributed by atoms with van der Waals surface area (Å²) in [5, 5.41) is 0. The fourth-order valence-corrected chi connectivity index (χ4v) is 1.45. The van der Waals surface area contributed by atoms with Crippen molar-refractivity contribution in [3.05, 3.63) is 0 Å². The molecule has 0 amide bonds. The molecule has 11 heavy (non-hydrogen) atoms. The topological polar surface area (TPSA) is 35.2 Å². The van der Waals surface area contributed by atoms with Crippen LogP contribution in [0, 0.1) is 5.92 Å². The molecule has 1 aliphatic carbocycles. The van der Waals surface area contributed by atoms with Crippen LogP contribution in [0.4, 0.5) is 0 Å². The van der Waals surface area contributed by atoms with Gasteiger partial charge in [-0.2, -0.15) is 0 Å². The number of ether oxygens (including phenoxy) is 1. The molecule has 1 saturated carbocycles. The van der Waals surface area contributed by atoms with E-state index in [9.17, 15) is 0 Å². The maximum atomic E-state index is 5.75. The Morgan fingerprint density at radius 3 is 2.64 bits per heavy atom. The van der Waals surface area contributed by atoms with Crippen molar-refractivity contribution in [2.24, 2.45) is 11.7 Å². The van der Waals surface area contributed by atoms with Crippen LogP contribution in [0.25, 0.3) is 0 Å². The van der Waals surface area contributed by atoms with E-state index in [0.29, 0.717) is 18.1 Å². The first-order chi connectivity index (χ1) is 5.18. The van der Waals surface area contributed by atoms with Gasteiger partial charge in [0.25, 0.3) is 0 Å². The average molecular weight is 157 g/mol. The highest BCUT2D eigenvalue weighted by molar-refractivity contribution is 4.78. The fraction of sp³-hybridized carbons (Fsp3) is 1.00. The van der Waals surface area contributed by atoms with Gasteiger partial charge in [0.2, 0.25) is 0 Å². The summed E-state index contributed by atoms with van der Waals surface area (Å²) in [5.41, 5.74) is 5.75. The van der Waals surface area contributed by atoms with E-state index in [2.05, 4.69) is 13.8 Å². The second-order valence-corrected chi connectivity index (χ2v) is 3.92. The van der Waals surface area contributed by atoms with Crippen LogP contribution in [0.5, 0.6) is 0 Å². The highest BCUT2D eigenvalue weighted by Crippen LogP contribution is 2.20. The molecule has 1 aliphatic rings. The highest BCUT2D eigenvalue weighted by atomic mass is 16.5. The van der Waals surface area contributed by atoms with Crippen molar-refractivity contribution in [3.63, 3.8) is 0 Å². The lowest BCUT2D eigenvalue weighted by Crippen LogP contribution is -2.18. The van der Waals surface area contributed by atoms with Gasteiger partial charge in [-0.3, -0.25) is 0 Å². The molecule has 0 saturated heterocycles. The van der Waals surface area contributed by atoms with E-state index in [4.69, 9.17) is 10.5 Å². The first-order valence-electron chi connectivity index (χ1n) is 4.55. The van der Waals surface area contributed by atoms with Gasteiger partial charge in [-0.15, -0.1) is 0 Å². The van der Waals surface area contributed by atoms with Crippen molar-refractivity contribution in [2.75, 3.05) is 6.61 Å². The molecule has 2 atom stereocenters. The van der Waals surface area contributed by atoms with Crippen molar-refractivity contribution >= 4 is 0 Å². The van der Waals surface area contributed by atoms with E-state index in [1.807, 2.05) is 0 Å². The monoisotopic (exact) mass is 157 g/mol. The molecule has 66 valence electrons. The van der Waals surface area contributed by atoms with E-state index in [-0.39, 0.29) is 0 Å². The minimum absolute atomic E-state index is 0.396. The molecule has 0 bridgehead atoms. The molecule has 2 heteroatoms. The lowest BCUT2D eigenvalue weighted by atomic mass is 10.2. The summed E-state index contributed by atoms with van der Waals surface area (Å²) in [6.07, 6.45) is 3.82. The smallest absolute Gasteiger partial charge is 0.0590 e. The molecule has 0 aromatic carbocycles. The predicted molar refractivity (Wildman–Crippen MR) is 46.4 cm³/mol. The van der Waals surface area contributed by atoms with Crippen LogP contribution in [0.2, 0.25) is 0 Å². The van der Waals surface area contributed by atoms with Gasteiger partial charge in [0.1, 0.15) is 0 Å². The molecular formula is C9H19NO. The summed E-state index contributed by atoms with van der Waals surface area (Å²) in [5.74, 6) is 0.645. The third-order valence-electron chi connectivity index (χ3n) is 2.09. The Bertz CT molecular complexity index is 114. The zero-order chi connectivity index (χ0) is 8.27. The number of nitrogens with two attached hydrogens (primary N) is 1. The van der Waals surface area contributed by atoms with Gasteiger partial charge in [-0.25, -0.2) is 0 Å². The van der Waals surface area contributed by atoms with Crippen LogP contribution in [0.15, 0.2) is 0 Å². The second-order valence-electron chi connectivity index (χ2n) is 3.92. The molecule has 1 rings (SSSR count). The van der Waals surface area contributed by atoms with E-state index in [1.165, 1.54) is 0 Å². The zero-order valence-corrected chi connectivity index (χ0v) is 7.55. The van der Waals surface area contributed by atoms with E-state index >= 15 is 0 Å². The number of rotatable bonds is 3. The van der Waals surface area contributed by atoms with Crippen LogP contribution in [0.3, 0.4) is 0 Å². The van der Waals surface area contributed by atoms with Crippen molar-refractivity contribution in [3.8, 4) is 0 Å². The van der Waals surface area contributed by atoms with Crippen molar-refractivity contribution in [2.45, 2.75) is 45.3 Å². The van der Waals surface area contributed by atoms with Crippen molar-refractivity contribution in [1.29, 1.82) is 0 Å². The van der Waals surface area contributed by atoms with Crippen LogP contribution in [-0.2, 0) is 4.74 Å². The lowest BCUT2D eigenvalue weighted by molar-refractivity contribution is 0.0399. The molecular weight excluding hydrogens is 138 g/mol. The van der Waals surface area contributed by atoms with E-state index in [1.54, 1.807) is 0 Å². The second kappa shape index (κ2) is 4.07. The first-order valence-corrected chi connectivity index (χ1v) is 4.55. The van der Waals surface area contributed by atoms with Gasteiger partial charge in [0.05, 0.1) is 6.10 Å². The molecule has 0 aliphatic heterocycles. The zero-order valence-electron chi connectivity index (χ0n) is 7.55. The molecule has 0 radical (unpaired) electrons. The van der Waals surface area contributed by atoms with Crippen LogP contribution >= 0.6 is 0 Å². The molecule has 0 heterocycles. The summed E-state index contributed by atoms with van der Waals surface area (Å²) in [6, 6.07) is 0.396. The summed E-state index contributed by atoms with van der Waals surface area (Å²) >= 11 is 0. The molecule has 0 aromatic heterocycles. The molecule has 2 nitrogen and oxygen atoms in total. The van der Waals surface area contributed by atoms with Gasteiger partial charge in [0, 0.05) is 12.6 Å². The average Bonchev–Trinajstić information content (AvgIpc) is 2.31. The summed E-state index contributed by atoms with van der Waals surface area (Å²) in [6.45, 7) is 5.24. The van der Waals surface area contributed by atoms with Gasteiger partial charge in [-0.05, 0) is 25.2 Å². The van der Waals surface area contributed by atoms with E-state index in [0.717, 1.165) is 25.9 Å². The quantitative estimate of drug-likeness (QED) is 0.674. The van der Waals surface area contributed by atoms with Gasteiger partial charge in [-0.1, -0.05) is 13.8 Å². The first kappa shape index (κ1) is 9.01. The summed E-state index contributed by atoms with van der Waals surface area (Å²) in [7, 11) is 0. The summed E-state index contributed by atoms with van der Waals surface area (Å²) < 4.78 is 5.65. The Balaban J connectivity index is 2.08. The molecule has 2 unspecified atom stereocenters. The van der Waals surface area contributed by atoms with Crippen LogP contribution in [0.1, 0.15) is 33.1 Å². The summed E-state index contributed by atoms with van der Waals surface area (Å²) in [4.78, 5) is 0. The third-order valence-corrected chi connectivity index (χ3v) is 2.09. The Labute approximate surface area is 69.1 Å². The molecule has 2 N–H and O–H groups in total. The molecule has 0 spiro atoms. The van der Waals surface area contributed by atoms with Crippen molar-refractivity contribution < 1.29 is 4.74 Å². The number of hydrogen-bond acceptors (Lipinski definition) is 2. The fourth-order valence-electron chi connectivity index (χ4n) is 1.45. The molecule has 1 fully saturated rings. The van der Waals surface area contributed by atoms with Crippen LogP contribution in [-0.4, -0.2) is 18.8 Å². The number of hydrogen-bond donors (Lipinski definition) is 1. The van der Waals surface area contributed by atoms with Gasteiger partial charge >= 0.3 is 0 Å². The standard InChI is InChI=1S/C9H19NO/c1-7(2)6-11-9-4-3-8(10)5-9/h7-9H,3-6,10H2,1-2H3. The van der Waals surface area contributed by atoms with Gasteiger partial charge in [0.15, 0.2) is 0 Å². The Morgan fingerprint density at radius 2 is 2.18 bits per heavy atom. The Hall–Kier alpha value is -0.0800. The Kier molecular flexibility index (Phi) is 3.34. The van der Waals surface area contributed by atoms with Crippen molar-refractivity contribution in [1.82, 2.24) is 0 Å². The lowest BCUT2D eigenvalue weighted by Gasteiger charge is -2.12. The largest absolute Gasteiger partial charge is 0.378 e. The minimum Gasteiger partial charge on any atom is -0.378 e.